The third-order valence-corrected chi connectivity index (χ3v) is 1.78. The summed E-state index contributed by atoms with van der Waals surface area (Å²) in [6, 6.07) is 0. The molecule has 13 heavy (non-hydrogen) atoms. The maximum atomic E-state index is 9.31. The van der Waals surface area contributed by atoms with Gasteiger partial charge in [-0.25, -0.2) is 4.68 Å². The van der Waals surface area contributed by atoms with Gasteiger partial charge in [0, 0.05) is 19.4 Å². The van der Waals surface area contributed by atoms with Crippen LogP contribution in [0.3, 0.4) is 0 Å². The zero-order chi connectivity index (χ0) is 9.84. The highest BCUT2D eigenvalue weighted by Crippen LogP contribution is 2.07. The monoisotopic (exact) mass is 244 g/mol. The van der Waals surface area contributed by atoms with Crippen LogP contribution in [-0.4, -0.2) is 27.8 Å². The minimum atomic E-state index is -0.113. The number of aliphatic hydroxyl groups is 1. The smallest absolute Gasteiger partial charge is 0.192 e. The number of hydrogen-bond acceptors (Lipinski definition) is 4. The average Bonchev–Trinajstić information content (AvgIpc) is 2.53. The van der Waals surface area contributed by atoms with Gasteiger partial charge >= 0.3 is 0 Å². The lowest BCUT2D eigenvalue weighted by Gasteiger charge is -2.02. The number of hydrogen-bond donors (Lipinski definition) is 2. The van der Waals surface area contributed by atoms with Crippen molar-refractivity contribution in [3.8, 4) is 0 Å². The van der Waals surface area contributed by atoms with Crippen LogP contribution in [0.25, 0.3) is 0 Å². The van der Waals surface area contributed by atoms with E-state index in [1.54, 1.807) is 19.4 Å². The summed E-state index contributed by atoms with van der Waals surface area (Å²) in [4.78, 5) is 3.84. The first-order valence-corrected chi connectivity index (χ1v) is 4.27. The second-order valence-electron chi connectivity index (χ2n) is 2.20. The molecule has 0 unspecified atom stereocenters. The first-order chi connectivity index (χ1) is 6.19. The molecule has 0 aromatic carbocycles. The number of nitrogens with two attached hydrogens (primary N) is 1. The summed E-state index contributed by atoms with van der Waals surface area (Å²) >= 11 is 3.23. The Morgan fingerprint density at radius 3 is 2.92 bits per heavy atom. The predicted molar refractivity (Wildman–Crippen MR) is 53.6 cm³/mol. The molecular formula is C7H9BrN4O. The molecule has 70 valence electrons. The minimum absolute atomic E-state index is 0.113. The van der Waals surface area contributed by atoms with Crippen molar-refractivity contribution in [3.63, 3.8) is 0 Å². The molecule has 1 aromatic rings. The molecule has 1 rings (SSSR count). The molecular weight excluding hydrogens is 236 g/mol. The normalized spacial score (nSPS) is 13.4. The summed E-state index contributed by atoms with van der Waals surface area (Å²) in [6.45, 7) is 0. The first-order valence-electron chi connectivity index (χ1n) is 3.47. The third-order valence-electron chi connectivity index (χ3n) is 1.37. The molecule has 0 spiro atoms. The molecule has 1 aromatic heterocycles. The molecule has 0 saturated heterocycles. The third kappa shape index (κ3) is 2.09. The van der Waals surface area contributed by atoms with Gasteiger partial charge < -0.3 is 10.8 Å². The zero-order valence-corrected chi connectivity index (χ0v) is 8.56. The second kappa shape index (κ2) is 4.08. The van der Waals surface area contributed by atoms with Gasteiger partial charge in [0.1, 0.15) is 0 Å². The molecule has 3 N–H and O–H groups in total. The van der Waals surface area contributed by atoms with Gasteiger partial charge in [0.15, 0.2) is 11.6 Å². The quantitative estimate of drug-likeness (QED) is 0.438. The Morgan fingerprint density at radius 1 is 1.85 bits per heavy atom. The second-order valence-corrected chi connectivity index (χ2v) is 3.12. The van der Waals surface area contributed by atoms with Crippen LogP contribution in [-0.2, 0) is 0 Å². The van der Waals surface area contributed by atoms with E-state index in [9.17, 15) is 5.11 Å². The predicted octanol–water partition coefficient (Wildman–Crippen LogP) is 0.880. The minimum Gasteiger partial charge on any atom is -0.503 e. The standard InChI is InChI=1S/C7H9BrN4O/c1-10-7(6(13)2-9)12-4-5(8)3-11-12/h2-4,13H,9H2,1H3. The van der Waals surface area contributed by atoms with Crippen molar-refractivity contribution >= 4 is 21.8 Å². The number of allylic oxidation sites excluding steroid dienone is 1. The van der Waals surface area contributed by atoms with Crippen LogP contribution >= 0.6 is 15.9 Å². The Morgan fingerprint density at radius 2 is 2.54 bits per heavy atom. The molecule has 0 aliphatic carbocycles. The van der Waals surface area contributed by atoms with E-state index < -0.39 is 0 Å². The van der Waals surface area contributed by atoms with E-state index in [1.807, 2.05) is 0 Å². The van der Waals surface area contributed by atoms with E-state index >= 15 is 0 Å². The number of aliphatic imine (C=N–C) groups is 1. The van der Waals surface area contributed by atoms with Crippen molar-refractivity contribution < 1.29 is 5.11 Å². The Labute approximate surface area is 83.7 Å². The van der Waals surface area contributed by atoms with Crippen LogP contribution in [0.1, 0.15) is 0 Å². The van der Waals surface area contributed by atoms with Crippen LogP contribution in [0, 0.1) is 0 Å². The van der Waals surface area contributed by atoms with Gasteiger partial charge in [-0.2, -0.15) is 5.10 Å². The fourth-order valence-electron chi connectivity index (χ4n) is 0.826. The number of nitrogens with zero attached hydrogens (tertiary/aromatic N) is 3. The highest BCUT2D eigenvalue weighted by Gasteiger charge is 2.07. The van der Waals surface area contributed by atoms with E-state index in [1.165, 1.54) is 4.68 Å². The first kappa shape index (κ1) is 9.79. The molecule has 0 atom stereocenters. The van der Waals surface area contributed by atoms with Gasteiger partial charge in [-0.15, -0.1) is 0 Å². The van der Waals surface area contributed by atoms with Crippen LogP contribution < -0.4 is 5.73 Å². The van der Waals surface area contributed by atoms with Crippen LogP contribution in [0.4, 0.5) is 0 Å². The lowest BCUT2D eigenvalue weighted by atomic mass is 10.5. The average molecular weight is 245 g/mol. The molecule has 0 aliphatic rings. The topological polar surface area (TPSA) is 76.4 Å². The SMILES string of the molecule is CN=C(C(O)=CN)n1cc(Br)cn1. The Balaban J connectivity index is 3.06. The van der Waals surface area contributed by atoms with Crippen LogP contribution in [0.5, 0.6) is 0 Å². The van der Waals surface area contributed by atoms with Crippen LogP contribution in [0.15, 0.2) is 33.8 Å². The molecule has 0 aliphatic heterocycles. The summed E-state index contributed by atoms with van der Waals surface area (Å²) in [5, 5.41) is 13.2. The Hall–Kier alpha value is -1.30. The largest absolute Gasteiger partial charge is 0.503 e. The van der Waals surface area contributed by atoms with Crippen molar-refractivity contribution in [1.82, 2.24) is 9.78 Å². The van der Waals surface area contributed by atoms with Crippen molar-refractivity contribution in [2.24, 2.45) is 10.7 Å². The fourth-order valence-corrected chi connectivity index (χ4v) is 1.11. The number of aliphatic hydroxyl groups excluding tert-OH is 1. The molecule has 0 bridgehead atoms. The highest BCUT2D eigenvalue weighted by molar-refractivity contribution is 9.10. The van der Waals surface area contributed by atoms with Gasteiger partial charge in [-0.05, 0) is 15.9 Å². The van der Waals surface area contributed by atoms with Gasteiger partial charge in [0.25, 0.3) is 0 Å². The molecule has 1 heterocycles. The Kier molecular flexibility index (Phi) is 3.07. The van der Waals surface area contributed by atoms with Crippen molar-refractivity contribution in [3.05, 3.63) is 28.8 Å². The van der Waals surface area contributed by atoms with E-state index in [-0.39, 0.29) is 5.76 Å². The molecule has 0 amide bonds. The maximum Gasteiger partial charge on any atom is 0.192 e. The fraction of sp³-hybridized carbons (Fsp3) is 0.143. The lowest BCUT2D eigenvalue weighted by Crippen LogP contribution is -2.16. The lowest BCUT2D eigenvalue weighted by molar-refractivity contribution is 0.436. The van der Waals surface area contributed by atoms with E-state index in [4.69, 9.17) is 5.73 Å². The summed E-state index contributed by atoms with van der Waals surface area (Å²) < 4.78 is 2.22. The summed E-state index contributed by atoms with van der Waals surface area (Å²) in [5.74, 6) is 0.186. The summed E-state index contributed by atoms with van der Waals surface area (Å²) in [6.07, 6.45) is 4.33. The molecule has 5 nitrogen and oxygen atoms in total. The van der Waals surface area contributed by atoms with Gasteiger partial charge in [-0.1, -0.05) is 0 Å². The highest BCUT2D eigenvalue weighted by atomic mass is 79.9. The zero-order valence-electron chi connectivity index (χ0n) is 6.98. The molecule has 0 saturated carbocycles. The molecule has 0 radical (unpaired) electrons. The summed E-state index contributed by atoms with van der Waals surface area (Å²) in [5.41, 5.74) is 5.15. The Bertz CT molecular complexity index is 355. The molecule has 0 fully saturated rings. The number of aromatic nitrogens is 2. The van der Waals surface area contributed by atoms with E-state index in [0.717, 1.165) is 10.7 Å². The van der Waals surface area contributed by atoms with Crippen molar-refractivity contribution in [2.75, 3.05) is 7.05 Å². The van der Waals surface area contributed by atoms with Gasteiger partial charge in [0.2, 0.25) is 0 Å². The number of rotatable bonds is 1. The summed E-state index contributed by atoms with van der Waals surface area (Å²) in [7, 11) is 1.55. The van der Waals surface area contributed by atoms with E-state index in [0.29, 0.717) is 5.84 Å². The molecule has 6 heteroatoms. The maximum absolute atomic E-state index is 9.31. The van der Waals surface area contributed by atoms with Crippen molar-refractivity contribution in [2.45, 2.75) is 0 Å². The van der Waals surface area contributed by atoms with Crippen LogP contribution in [0.2, 0.25) is 0 Å². The van der Waals surface area contributed by atoms with Crippen molar-refractivity contribution in [1.29, 1.82) is 0 Å². The van der Waals surface area contributed by atoms with E-state index in [2.05, 4.69) is 26.0 Å². The van der Waals surface area contributed by atoms with Gasteiger partial charge in [0.05, 0.1) is 10.7 Å². The number of halogens is 1. The van der Waals surface area contributed by atoms with Gasteiger partial charge in [-0.3, -0.25) is 4.99 Å².